The molecule has 5 aliphatic carbocycles. The number of Topliss-reactive ketones (excluding diaryl/α,β-unsaturated/α-hetero) is 1. The van der Waals surface area contributed by atoms with Crippen LogP contribution < -0.4 is 0 Å². The van der Waals surface area contributed by atoms with Crippen molar-refractivity contribution in [2.24, 2.45) is 56.2 Å². The van der Waals surface area contributed by atoms with E-state index >= 15 is 0 Å². The third-order valence-electron chi connectivity index (χ3n) is 14.4. The van der Waals surface area contributed by atoms with Crippen LogP contribution in [0.1, 0.15) is 124 Å². The fraction of sp³-hybridized carbons (Fsp3) is 0.829. The van der Waals surface area contributed by atoms with E-state index in [2.05, 4.69) is 53.5 Å². The Labute approximate surface area is 246 Å². The molecule has 0 bridgehead atoms. The van der Waals surface area contributed by atoms with Crippen molar-refractivity contribution in [2.45, 2.75) is 126 Å². The van der Waals surface area contributed by atoms with Crippen LogP contribution >= 0.6 is 0 Å². The molecule has 0 spiro atoms. The predicted molar refractivity (Wildman–Crippen MR) is 158 cm³/mol. The number of ketones is 1. The molecule has 0 amide bonds. The molecule has 9 atom stereocenters. The highest BCUT2D eigenvalue weighted by Crippen LogP contribution is 2.76. The molecule has 1 heterocycles. The van der Waals surface area contributed by atoms with Crippen molar-refractivity contribution < 1.29 is 19.1 Å². The topological polar surface area (TPSA) is 78.3 Å². The van der Waals surface area contributed by atoms with E-state index in [4.69, 9.17) is 4.74 Å². The average Bonchev–Trinajstić information content (AvgIpc) is 3.41. The first-order valence-corrected chi connectivity index (χ1v) is 16.2. The third-order valence-corrected chi connectivity index (χ3v) is 14.4. The molecule has 5 fully saturated rings. The molecular weight excluding hydrogens is 512 g/mol. The first-order chi connectivity index (χ1) is 19.0. The van der Waals surface area contributed by atoms with Gasteiger partial charge in [0.2, 0.25) is 5.91 Å². The molecule has 5 saturated carbocycles. The molecule has 6 heteroatoms. The number of rotatable bonds is 2. The standard InChI is InChI=1S/C35H52N2O4/c1-22(38)41-27-10-11-32(6)25(31(27,4)5)9-12-33(7)26(32)19-24(39)28-23-20-30(2,3)13-15-35(23,16-14-34(28,33)8)29(40)37-18-17-36-21-37/h17-18,21,23,25-28H,9-16,19-20H2,1-8H3/t23-,25-,26+,27-,28-,32-,33+,34+,35-/m0/s1. The minimum absolute atomic E-state index is 0.0176. The molecule has 1 aromatic heterocycles. The van der Waals surface area contributed by atoms with Crippen molar-refractivity contribution in [1.82, 2.24) is 9.55 Å². The molecule has 6 rings (SSSR count). The summed E-state index contributed by atoms with van der Waals surface area (Å²) in [7, 11) is 0. The fourth-order valence-corrected chi connectivity index (χ4v) is 12.1. The zero-order valence-corrected chi connectivity index (χ0v) is 26.7. The number of aromatic nitrogens is 2. The minimum atomic E-state index is -0.496. The molecule has 6 nitrogen and oxygen atoms in total. The molecule has 41 heavy (non-hydrogen) atoms. The summed E-state index contributed by atoms with van der Waals surface area (Å²) in [6, 6.07) is 0. The van der Waals surface area contributed by atoms with Crippen molar-refractivity contribution in [2.75, 3.05) is 0 Å². The average molecular weight is 565 g/mol. The third kappa shape index (κ3) is 3.86. The van der Waals surface area contributed by atoms with Crippen LogP contribution in [0.3, 0.4) is 0 Å². The molecule has 1 aromatic rings. The van der Waals surface area contributed by atoms with Crippen molar-refractivity contribution in [3.8, 4) is 0 Å². The summed E-state index contributed by atoms with van der Waals surface area (Å²) in [4.78, 5) is 45.2. The fourth-order valence-electron chi connectivity index (χ4n) is 12.1. The highest BCUT2D eigenvalue weighted by molar-refractivity contribution is 5.89. The first kappa shape index (κ1) is 29.1. The van der Waals surface area contributed by atoms with E-state index < -0.39 is 5.41 Å². The predicted octanol–water partition coefficient (Wildman–Crippen LogP) is 7.52. The lowest BCUT2D eigenvalue weighted by molar-refractivity contribution is -0.244. The van der Waals surface area contributed by atoms with Gasteiger partial charge in [-0.05, 0) is 97.2 Å². The first-order valence-electron chi connectivity index (χ1n) is 16.2. The van der Waals surface area contributed by atoms with Crippen molar-refractivity contribution in [3.63, 3.8) is 0 Å². The SMILES string of the molecule is CC(=O)O[C@H]1CC[C@]2(C)[C@H]3CC(=O)[C@@H]4[C@@H]5CC(C)(C)CC[C@]5(C(=O)n5ccnc5)CC[C@@]4(C)[C@]3(C)CC[C@H]2C1(C)C. The summed E-state index contributed by atoms with van der Waals surface area (Å²) >= 11 is 0. The Hall–Kier alpha value is -1.98. The summed E-state index contributed by atoms with van der Waals surface area (Å²) in [5.74, 6) is 1.04. The van der Waals surface area contributed by atoms with Gasteiger partial charge in [0, 0.05) is 37.1 Å². The van der Waals surface area contributed by atoms with E-state index in [1.807, 2.05) is 0 Å². The van der Waals surface area contributed by atoms with Gasteiger partial charge in [0.15, 0.2) is 0 Å². The number of esters is 1. The maximum Gasteiger partial charge on any atom is 0.302 e. The van der Waals surface area contributed by atoms with Gasteiger partial charge in [-0.2, -0.15) is 0 Å². The normalized spacial score (nSPS) is 46.3. The Balaban J connectivity index is 1.40. The van der Waals surface area contributed by atoms with Gasteiger partial charge in [-0.15, -0.1) is 0 Å². The molecule has 0 N–H and O–H groups in total. The number of hydrogen-bond acceptors (Lipinski definition) is 5. The quantitative estimate of drug-likeness (QED) is 0.347. The molecule has 0 aliphatic heterocycles. The number of fused-ring (bicyclic) bond motifs is 7. The Bertz CT molecular complexity index is 1250. The van der Waals surface area contributed by atoms with E-state index in [1.165, 1.54) is 6.92 Å². The highest BCUT2D eigenvalue weighted by Gasteiger charge is 2.73. The molecule has 0 saturated heterocycles. The highest BCUT2D eigenvalue weighted by atomic mass is 16.5. The Morgan fingerprint density at radius 3 is 2.27 bits per heavy atom. The van der Waals surface area contributed by atoms with E-state index in [1.54, 1.807) is 23.3 Å². The number of ether oxygens (including phenoxy) is 1. The van der Waals surface area contributed by atoms with Crippen molar-refractivity contribution >= 4 is 17.7 Å². The van der Waals surface area contributed by atoms with E-state index in [9.17, 15) is 14.4 Å². The van der Waals surface area contributed by atoms with Crippen LogP contribution in [0, 0.1) is 56.2 Å². The molecule has 226 valence electrons. The Morgan fingerprint density at radius 2 is 1.61 bits per heavy atom. The lowest BCUT2D eigenvalue weighted by Crippen LogP contribution is -2.70. The number of carbonyl (C=O) groups is 3. The van der Waals surface area contributed by atoms with Crippen LogP contribution in [0.2, 0.25) is 0 Å². The molecule has 0 aromatic carbocycles. The summed E-state index contributed by atoms with van der Waals surface area (Å²) in [6.45, 7) is 18.2. The Kier molecular flexibility index (Phi) is 6.40. The van der Waals surface area contributed by atoms with E-state index in [0.717, 1.165) is 57.8 Å². The number of hydrogen-bond donors (Lipinski definition) is 0. The van der Waals surface area contributed by atoms with Gasteiger partial charge in [-0.25, -0.2) is 4.98 Å². The number of carbonyl (C=O) groups excluding carboxylic acids is 3. The minimum Gasteiger partial charge on any atom is -0.462 e. The maximum atomic E-state index is 14.7. The van der Waals surface area contributed by atoms with Crippen LogP contribution in [-0.4, -0.2) is 33.3 Å². The van der Waals surface area contributed by atoms with Gasteiger partial charge in [0.05, 0.1) is 5.41 Å². The lowest BCUT2D eigenvalue weighted by Gasteiger charge is -2.73. The van der Waals surface area contributed by atoms with Gasteiger partial charge in [0.25, 0.3) is 0 Å². The largest absolute Gasteiger partial charge is 0.462 e. The summed E-state index contributed by atoms with van der Waals surface area (Å²) < 4.78 is 7.58. The summed E-state index contributed by atoms with van der Waals surface area (Å²) in [5, 5.41) is 0. The van der Waals surface area contributed by atoms with Crippen LogP contribution in [0.15, 0.2) is 18.7 Å². The van der Waals surface area contributed by atoms with Crippen LogP contribution in [-0.2, 0) is 14.3 Å². The summed E-state index contributed by atoms with van der Waals surface area (Å²) in [5.41, 5.74) is -0.620. The molecule has 0 unspecified atom stereocenters. The lowest BCUT2D eigenvalue weighted by atomic mass is 9.31. The van der Waals surface area contributed by atoms with Gasteiger partial charge in [-0.3, -0.25) is 19.0 Å². The number of nitrogens with zero attached hydrogens (tertiary/aromatic N) is 2. The van der Waals surface area contributed by atoms with Crippen LogP contribution in [0.5, 0.6) is 0 Å². The maximum absolute atomic E-state index is 14.7. The van der Waals surface area contributed by atoms with E-state index in [-0.39, 0.29) is 56.9 Å². The van der Waals surface area contributed by atoms with Crippen LogP contribution in [0.25, 0.3) is 0 Å². The second-order valence-corrected chi connectivity index (χ2v) is 17.0. The second kappa shape index (κ2) is 9.02. The van der Waals surface area contributed by atoms with Crippen molar-refractivity contribution in [1.29, 1.82) is 0 Å². The van der Waals surface area contributed by atoms with Crippen molar-refractivity contribution in [3.05, 3.63) is 18.7 Å². The number of imidazole rings is 1. The van der Waals surface area contributed by atoms with Gasteiger partial charge in [-0.1, -0.05) is 48.5 Å². The monoisotopic (exact) mass is 564 g/mol. The molecular formula is C35H52N2O4. The van der Waals surface area contributed by atoms with Gasteiger partial charge >= 0.3 is 5.97 Å². The Morgan fingerprint density at radius 1 is 0.902 bits per heavy atom. The van der Waals surface area contributed by atoms with Gasteiger partial charge < -0.3 is 4.74 Å². The van der Waals surface area contributed by atoms with Crippen LogP contribution in [0.4, 0.5) is 0 Å². The summed E-state index contributed by atoms with van der Waals surface area (Å²) in [6.07, 6.45) is 14.3. The zero-order valence-electron chi connectivity index (χ0n) is 26.7. The second-order valence-electron chi connectivity index (χ2n) is 17.0. The molecule has 5 aliphatic rings. The zero-order chi connectivity index (χ0) is 29.8. The molecule has 0 radical (unpaired) electrons. The van der Waals surface area contributed by atoms with Gasteiger partial charge in [0.1, 0.15) is 18.2 Å². The van der Waals surface area contributed by atoms with E-state index in [0.29, 0.717) is 24.0 Å². The smallest absolute Gasteiger partial charge is 0.302 e.